The van der Waals surface area contributed by atoms with Crippen LogP contribution in [0.5, 0.6) is 5.75 Å². The number of aromatic nitrogens is 2. The summed E-state index contributed by atoms with van der Waals surface area (Å²) in [4.78, 5) is 25.4. The maximum absolute atomic E-state index is 12.2. The van der Waals surface area contributed by atoms with Gasteiger partial charge in [-0.15, -0.1) is 10.2 Å². The average molecular weight is 406 g/mol. The van der Waals surface area contributed by atoms with Crippen molar-refractivity contribution in [3.05, 3.63) is 60.0 Å². The monoisotopic (exact) mass is 406 g/mol. The highest BCUT2D eigenvalue weighted by molar-refractivity contribution is 5.95. The number of hydrogen-bond donors (Lipinski definition) is 1. The molecule has 1 N–H and O–H groups in total. The Kier molecular flexibility index (Phi) is 5.74. The minimum atomic E-state index is -0.234. The van der Waals surface area contributed by atoms with E-state index in [1.807, 2.05) is 31.2 Å². The van der Waals surface area contributed by atoms with Crippen LogP contribution in [0.15, 0.2) is 52.9 Å². The van der Waals surface area contributed by atoms with Gasteiger partial charge in [-0.2, -0.15) is 0 Å². The number of nitrogens with one attached hydrogen (secondary N) is 1. The summed E-state index contributed by atoms with van der Waals surface area (Å²) in [5, 5.41) is 10.9. The summed E-state index contributed by atoms with van der Waals surface area (Å²) in [5.41, 5.74) is 2.59. The lowest BCUT2D eigenvalue weighted by Crippen LogP contribution is -2.33. The normalized spacial score (nSPS) is 13.5. The number of benzene rings is 2. The van der Waals surface area contributed by atoms with Gasteiger partial charge in [0, 0.05) is 30.3 Å². The van der Waals surface area contributed by atoms with Crippen molar-refractivity contribution in [2.45, 2.75) is 26.4 Å². The summed E-state index contributed by atoms with van der Waals surface area (Å²) in [5.74, 6) is 1.13. The van der Waals surface area contributed by atoms with E-state index in [1.54, 1.807) is 29.2 Å². The van der Waals surface area contributed by atoms with Gasteiger partial charge < -0.3 is 19.4 Å². The number of hydrogen-bond acceptors (Lipinski definition) is 6. The van der Waals surface area contributed by atoms with Gasteiger partial charge in [0.05, 0.1) is 6.54 Å². The third-order valence-electron chi connectivity index (χ3n) is 4.75. The first-order valence-electron chi connectivity index (χ1n) is 9.77. The standard InChI is InChI=1S/C22H22N4O4/c1-15-7-9-16(10-8-15)22-25-24-20(30-22)14-29-18-5-2-4-17(12-18)23-19(27)13-26-11-3-6-21(26)28/h2,4-5,7-10,12H,3,6,11,13-14H2,1H3,(H,23,27). The Morgan fingerprint density at radius 2 is 2.03 bits per heavy atom. The molecule has 30 heavy (non-hydrogen) atoms. The molecule has 1 aliphatic heterocycles. The lowest BCUT2D eigenvalue weighted by Gasteiger charge is -2.15. The molecule has 8 nitrogen and oxygen atoms in total. The zero-order valence-corrected chi connectivity index (χ0v) is 16.6. The molecule has 0 unspecified atom stereocenters. The van der Waals surface area contributed by atoms with Crippen LogP contribution in [0.1, 0.15) is 24.3 Å². The molecule has 2 amide bonds. The number of ether oxygens (including phenoxy) is 1. The van der Waals surface area contributed by atoms with Crippen molar-refractivity contribution < 1.29 is 18.7 Å². The van der Waals surface area contributed by atoms with E-state index in [0.717, 1.165) is 17.5 Å². The second kappa shape index (κ2) is 8.77. The number of aryl methyl sites for hydroxylation is 1. The fraction of sp³-hybridized carbons (Fsp3) is 0.273. The predicted molar refractivity (Wildman–Crippen MR) is 110 cm³/mol. The molecule has 0 saturated carbocycles. The SMILES string of the molecule is Cc1ccc(-c2nnc(COc3cccc(NC(=O)CN4CCCC4=O)c3)o2)cc1. The molecule has 1 aliphatic rings. The van der Waals surface area contributed by atoms with Crippen LogP contribution < -0.4 is 10.1 Å². The Labute approximate surface area is 173 Å². The van der Waals surface area contributed by atoms with Crippen LogP contribution in [0.4, 0.5) is 5.69 Å². The van der Waals surface area contributed by atoms with E-state index in [2.05, 4.69) is 15.5 Å². The van der Waals surface area contributed by atoms with Gasteiger partial charge in [0.2, 0.25) is 17.7 Å². The van der Waals surface area contributed by atoms with Crippen molar-refractivity contribution in [3.63, 3.8) is 0 Å². The van der Waals surface area contributed by atoms with E-state index in [-0.39, 0.29) is 25.0 Å². The molecule has 8 heteroatoms. The second-order valence-electron chi connectivity index (χ2n) is 7.15. The topological polar surface area (TPSA) is 97.6 Å². The molecule has 0 atom stereocenters. The molecule has 3 aromatic rings. The molecule has 1 fully saturated rings. The number of anilines is 1. The van der Waals surface area contributed by atoms with Crippen molar-refractivity contribution in [1.29, 1.82) is 0 Å². The highest BCUT2D eigenvalue weighted by atomic mass is 16.5. The van der Waals surface area contributed by atoms with E-state index >= 15 is 0 Å². The molecule has 0 radical (unpaired) electrons. The second-order valence-corrected chi connectivity index (χ2v) is 7.15. The van der Waals surface area contributed by atoms with E-state index in [9.17, 15) is 9.59 Å². The molecule has 0 bridgehead atoms. The Bertz CT molecular complexity index is 1050. The van der Waals surface area contributed by atoms with Crippen molar-refractivity contribution in [3.8, 4) is 17.2 Å². The Morgan fingerprint density at radius 3 is 2.80 bits per heavy atom. The van der Waals surface area contributed by atoms with Gasteiger partial charge in [-0.05, 0) is 37.6 Å². The van der Waals surface area contributed by atoms with Gasteiger partial charge in [-0.1, -0.05) is 23.8 Å². The molecule has 0 spiro atoms. The lowest BCUT2D eigenvalue weighted by molar-refractivity contribution is -0.131. The number of likely N-dealkylation sites (tertiary alicyclic amines) is 1. The van der Waals surface area contributed by atoms with Crippen LogP contribution in [-0.2, 0) is 16.2 Å². The summed E-state index contributed by atoms with van der Waals surface area (Å²) in [6, 6.07) is 14.8. The van der Waals surface area contributed by atoms with E-state index in [1.165, 1.54) is 0 Å². The van der Waals surface area contributed by atoms with Crippen molar-refractivity contribution >= 4 is 17.5 Å². The van der Waals surface area contributed by atoms with Gasteiger partial charge in [0.15, 0.2) is 6.61 Å². The van der Waals surface area contributed by atoms with Crippen LogP contribution in [0.3, 0.4) is 0 Å². The number of nitrogens with zero attached hydrogens (tertiary/aromatic N) is 3. The van der Waals surface area contributed by atoms with Crippen molar-refractivity contribution in [2.75, 3.05) is 18.4 Å². The zero-order valence-electron chi connectivity index (χ0n) is 16.6. The molecule has 154 valence electrons. The van der Waals surface area contributed by atoms with E-state index in [4.69, 9.17) is 9.15 Å². The summed E-state index contributed by atoms with van der Waals surface area (Å²) in [6.07, 6.45) is 1.31. The molecule has 2 aromatic carbocycles. The van der Waals surface area contributed by atoms with Crippen LogP contribution in [-0.4, -0.2) is 40.0 Å². The van der Waals surface area contributed by atoms with Crippen LogP contribution >= 0.6 is 0 Å². The van der Waals surface area contributed by atoms with Gasteiger partial charge in [-0.3, -0.25) is 9.59 Å². The summed E-state index contributed by atoms with van der Waals surface area (Å²) < 4.78 is 11.4. The molecule has 4 rings (SSSR count). The highest BCUT2D eigenvalue weighted by Crippen LogP contribution is 2.21. The zero-order chi connectivity index (χ0) is 20.9. The molecule has 2 heterocycles. The largest absolute Gasteiger partial charge is 0.484 e. The molecule has 0 aliphatic carbocycles. The number of carbonyl (C=O) groups is 2. The summed E-state index contributed by atoms with van der Waals surface area (Å²) >= 11 is 0. The molecular weight excluding hydrogens is 384 g/mol. The molecule has 1 saturated heterocycles. The third-order valence-corrected chi connectivity index (χ3v) is 4.75. The quantitative estimate of drug-likeness (QED) is 0.647. The Morgan fingerprint density at radius 1 is 1.20 bits per heavy atom. The summed E-state index contributed by atoms with van der Waals surface area (Å²) in [6.45, 7) is 2.82. The first-order valence-corrected chi connectivity index (χ1v) is 9.77. The Hall–Kier alpha value is -3.68. The predicted octanol–water partition coefficient (Wildman–Crippen LogP) is 3.18. The van der Waals surface area contributed by atoms with E-state index in [0.29, 0.717) is 36.2 Å². The first-order chi connectivity index (χ1) is 14.6. The smallest absolute Gasteiger partial charge is 0.254 e. The number of carbonyl (C=O) groups excluding carboxylic acids is 2. The van der Waals surface area contributed by atoms with Crippen LogP contribution in [0, 0.1) is 6.92 Å². The average Bonchev–Trinajstić information content (AvgIpc) is 3.37. The minimum absolute atomic E-state index is 0.0202. The molecule has 1 aromatic heterocycles. The Balaban J connectivity index is 1.33. The van der Waals surface area contributed by atoms with Gasteiger partial charge in [0.25, 0.3) is 5.89 Å². The van der Waals surface area contributed by atoms with Crippen molar-refractivity contribution in [1.82, 2.24) is 15.1 Å². The highest BCUT2D eigenvalue weighted by Gasteiger charge is 2.22. The van der Waals surface area contributed by atoms with Gasteiger partial charge >= 0.3 is 0 Å². The van der Waals surface area contributed by atoms with Crippen molar-refractivity contribution in [2.24, 2.45) is 0 Å². The fourth-order valence-corrected chi connectivity index (χ4v) is 3.18. The summed E-state index contributed by atoms with van der Waals surface area (Å²) in [7, 11) is 0. The fourth-order valence-electron chi connectivity index (χ4n) is 3.18. The number of amides is 2. The minimum Gasteiger partial charge on any atom is -0.484 e. The van der Waals surface area contributed by atoms with E-state index < -0.39 is 0 Å². The van der Waals surface area contributed by atoms with Gasteiger partial charge in [0.1, 0.15) is 5.75 Å². The maximum Gasteiger partial charge on any atom is 0.254 e. The first kappa shape index (κ1) is 19.6. The van der Waals surface area contributed by atoms with Crippen LogP contribution in [0.2, 0.25) is 0 Å². The van der Waals surface area contributed by atoms with Gasteiger partial charge in [-0.25, -0.2) is 0 Å². The third kappa shape index (κ3) is 4.83. The number of rotatable bonds is 7. The maximum atomic E-state index is 12.2. The lowest BCUT2D eigenvalue weighted by atomic mass is 10.1. The molecular formula is C22H22N4O4. The van der Waals surface area contributed by atoms with Crippen LogP contribution in [0.25, 0.3) is 11.5 Å².